The monoisotopic (exact) mass is 499 g/mol. The Kier molecular flexibility index (Phi) is 7.09. The van der Waals surface area contributed by atoms with E-state index in [1.165, 1.54) is 16.0 Å². The molecule has 1 fully saturated rings. The van der Waals surface area contributed by atoms with Crippen LogP contribution in [0.5, 0.6) is 0 Å². The molecule has 1 aromatic carbocycles. The lowest BCUT2D eigenvalue weighted by Gasteiger charge is -2.43. The van der Waals surface area contributed by atoms with Crippen molar-refractivity contribution in [3.05, 3.63) is 57.4 Å². The van der Waals surface area contributed by atoms with Gasteiger partial charge >= 0.3 is 5.69 Å². The van der Waals surface area contributed by atoms with Crippen LogP contribution in [-0.4, -0.2) is 73.7 Å². The molecule has 2 aliphatic rings. The molecule has 1 aromatic heterocycles. The lowest BCUT2D eigenvalue weighted by molar-refractivity contribution is -0.144. The summed E-state index contributed by atoms with van der Waals surface area (Å²) in [6, 6.07) is 7.74. The predicted octanol–water partition coefficient (Wildman–Crippen LogP) is -0.595. The number of aliphatic hydroxyl groups excluding tert-OH is 1. The number of aromatic nitrogens is 2. The molecule has 0 spiro atoms. The number of nitrogens with zero attached hydrogens (tertiary/aromatic N) is 3. The lowest BCUT2D eigenvalue weighted by atomic mass is 9.79. The molecule has 4 N–H and O–H groups in total. The second-order valence-corrected chi connectivity index (χ2v) is 9.34. The molecule has 36 heavy (non-hydrogen) atoms. The number of benzene rings is 1. The lowest BCUT2D eigenvalue weighted by Crippen LogP contribution is -2.55. The summed E-state index contributed by atoms with van der Waals surface area (Å²) in [5.74, 6) is -0.945. The maximum Gasteiger partial charge on any atom is 0.328 e. The van der Waals surface area contributed by atoms with Crippen molar-refractivity contribution in [2.45, 2.75) is 56.4 Å². The molecule has 1 aliphatic carbocycles. The number of nitrogens with one attached hydrogen (secondary N) is 2. The fraction of sp³-hybridized carbons (Fsp3) is 0.458. The summed E-state index contributed by atoms with van der Waals surface area (Å²) in [5, 5.41) is 24.3. The third kappa shape index (κ3) is 5.24. The molecule has 0 unspecified atom stereocenters. The average molecular weight is 500 g/mol. The van der Waals surface area contributed by atoms with Gasteiger partial charge in [0, 0.05) is 38.2 Å². The number of hydrogen-bond donors (Lipinski definition) is 4. The van der Waals surface area contributed by atoms with Gasteiger partial charge < -0.3 is 25.3 Å². The molecule has 1 aliphatic heterocycles. The van der Waals surface area contributed by atoms with E-state index in [4.69, 9.17) is 0 Å². The highest BCUT2D eigenvalue weighted by molar-refractivity contribution is 6.10. The molecule has 0 radical (unpaired) electrons. The van der Waals surface area contributed by atoms with Gasteiger partial charge in [0.25, 0.3) is 5.56 Å². The van der Waals surface area contributed by atoms with E-state index in [-0.39, 0.29) is 62.5 Å². The number of H-pyrrole nitrogens is 1. The minimum Gasteiger partial charge on any atom is -0.390 e. The SMILES string of the molecule is CN(C(=O)CCC(=O)N1CC(=O)Nc2ccccc21)[C@H]1CC[C@@](O)(Cn2ccc(=O)[nH]c2=O)[C@H](O)C1. The molecule has 0 saturated heterocycles. The standard InChI is InChI=1S/C24H29N5O7/c1-27(15-8-10-24(36,18(30)12-15)14-28-11-9-19(31)26-23(28)35)21(33)6-7-22(34)29-13-20(32)25-16-4-2-3-5-17(16)29/h2-5,9,11,15,18,30,36H,6-8,10,12-14H2,1H3,(H,25,32)(H,26,31,35)/t15-,18+,24+/m0/s1. The summed E-state index contributed by atoms with van der Waals surface area (Å²) in [6.45, 7) is -0.320. The number of aliphatic hydroxyl groups is 2. The van der Waals surface area contributed by atoms with Gasteiger partial charge in [-0.2, -0.15) is 0 Å². The van der Waals surface area contributed by atoms with E-state index in [9.17, 15) is 34.2 Å². The second kappa shape index (κ2) is 10.1. The van der Waals surface area contributed by atoms with Gasteiger partial charge in [0.2, 0.25) is 17.7 Å². The minimum absolute atomic E-state index is 0.0702. The molecule has 2 aromatic rings. The Morgan fingerprint density at radius 2 is 1.92 bits per heavy atom. The molecular weight excluding hydrogens is 470 g/mol. The molecule has 2 heterocycles. The van der Waals surface area contributed by atoms with Crippen molar-refractivity contribution in [1.29, 1.82) is 0 Å². The highest BCUT2D eigenvalue weighted by Crippen LogP contribution is 2.33. The third-order valence-corrected chi connectivity index (χ3v) is 6.93. The topological polar surface area (TPSA) is 165 Å². The van der Waals surface area contributed by atoms with Crippen LogP contribution in [0.1, 0.15) is 32.1 Å². The van der Waals surface area contributed by atoms with Gasteiger partial charge in [-0.15, -0.1) is 0 Å². The second-order valence-electron chi connectivity index (χ2n) is 9.34. The van der Waals surface area contributed by atoms with Crippen LogP contribution in [0, 0.1) is 0 Å². The van der Waals surface area contributed by atoms with E-state index in [1.807, 2.05) is 0 Å². The first-order valence-electron chi connectivity index (χ1n) is 11.7. The smallest absolute Gasteiger partial charge is 0.328 e. The minimum atomic E-state index is -1.60. The number of carbonyl (C=O) groups is 3. The summed E-state index contributed by atoms with van der Waals surface area (Å²) in [5.41, 5.74) is -1.71. The van der Waals surface area contributed by atoms with Crippen LogP contribution in [0.4, 0.5) is 11.4 Å². The van der Waals surface area contributed by atoms with Gasteiger partial charge in [0.1, 0.15) is 12.1 Å². The van der Waals surface area contributed by atoms with Crippen LogP contribution in [0.15, 0.2) is 46.1 Å². The first kappa shape index (κ1) is 25.3. The van der Waals surface area contributed by atoms with Crippen molar-refractivity contribution in [3.63, 3.8) is 0 Å². The van der Waals surface area contributed by atoms with Crippen LogP contribution in [0.25, 0.3) is 0 Å². The molecule has 4 rings (SSSR count). The fourth-order valence-corrected chi connectivity index (χ4v) is 4.76. The quantitative estimate of drug-likeness (QED) is 0.412. The van der Waals surface area contributed by atoms with Gasteiger partial charge in [-0.25, -0.2) is 4.79 Å². The number of anilines is 2. The molecule has 12 heteroatoms. The van der Waals surface area contributed by atoms with E-state index >= 15 is 0 Å². The van der Waals surface area contributed by atoms with E-state index in [0.717, 1.165) is 10.6 Å². The maximum absolute atomic E-state index is 12.8. The number of amides is 3. The Morgan fingerprint density at radius 3 is 2.64 bits per heavy atom. The largest absolute Gasteiger partial charge is 0.390 e. The summed E-state index contributed by atoms with van der Waals surface area (Å²) in [7, 11) is 1.59. The highest BCUT2D eigenvalue weighted by atomic mass is 16.3. The van der Waals surface area contributed by atoms with Crippen molar-refractivity contribution in [2.24, 2.45) is 0 Å². The summed E-state index contributed by atoms with van der Waals surface area (Å²) in [6.07, 6.45) is 0.482. The van der Waals surface area contributed by atoms with Crippen LogP contribution < -0.4 is 21.5 Å². The van der Waals surface area contributed by atoms with Crippen LogP contribution in [0.2, 0.25) is 0 Å². The van der Waals surface area contributed by atoms with Gasteiger partial charge in [-0.05, 0) is 31.4 Å². The average Bonchev–Trinajstić information content (AvgIpc) is 2.85. The zero-order chi connectivity index (χ0) is 26.0. The number of rotatable bonds is 6. The van der Waals surface area contributed by atoms with E-state index in [0.29, 0.717) is 17.8 Å². The first-order chi connectivity index (χ1) is 17.1. The van der Waals surface area contributed by atoms with Gasteiger partial charge in [0.15, 0.2) is 0 Å². The molecule has 192 valence electrons. The molecule has 3 amide bonds. The van der Waals surface area contributed by atoms with E-state index in [1.54, 1.807) is 31.3 Å². The van der Waals surface area contributed by atoms with Gasteiger partial charge in [0.05, 0.1) is 24.0 Å². The Labute approximate surface area is 206 Å². The van der Waals surface area contributed by atoms with E-state index < -0.39 is 23.0 Å². The van der Waals surface area contributed by atoms with Crippen molar-refractivity contribution >= 4 is 29.1 Å². The zero-order valence-electron chi connectivity index (χ0n) is 19.8. The molecule has 0 bridgehead atoms. The zero-order valence-corrected chi connectivity index (χ0v) is 19.8. The third-order valence-electron chi connectivity index (χ3n) is 6.93. The summed E-state index contributed by atoms with van der Waals surface area (Å²) >= 11 is 0. The normalized spacial score (nSPS) is 23.5. The Balaban J connectivity index is 1.33. The Bertz CT molecular complexity index is 1290. The Hall–Kier alpha value is -3.77. The molecule has 3 atom stereocenters. The van der Waals surface area contributed by atoms with Crippen molar-refractivity contribution in [2.75, 3.05) is 23.8 Å². The summed E-state index contributed by atoms with van der Waals surface area (Å²) in [4.78, 5) is 65.8. The number of aromatic amines is 1. The highest BCUT2D eigenvalue weighted by Gasteiger charge is 2.43. The number of fused-ring (bicyclic) bond motifs is 1. The maximum atomic E-state index is 12.8. The molecule has 1 saturated carbocycles. The van der Waals surface area contributed by atoms with Gasteiger partial charge in [-0.3, -0.25) is 28.7 Å². The summed E-state index contributed by atoms with van der Waals surface area (Å²) < 4.78 is 1.13. The van der Waals surface area contributed by atoms with Crippen molar-refractivity contribution in [3.8, 4) is 0 Å². The van der Waals surface area contributed by atoms with E-state index in [2.05, 4.69) is 10.3 Å². The number of para-hydroxylation sites is 2. The Morgan fingerprint density at radius 1 is 1.17 bits per heavy atom. The van der Waals surface area contributed by atoms with Crippen LogP contribution in [-0.2, 0) is 20.9 Å². The van der Waals surface area contributed by atoms with Crippen molar-refractivity contribution in [1.82, 2.24) is 14.5 Å². The molecular formula is C24H29N5O7. The first-order valence-corrected chi connectivity index (χ1v) is 11.7. The van der Waals surface area contributed by atoms with Gasteiger partial charge in [-0.1, -0.05) is 12.1 Å². The van der Waals surface area contributed by atoms with Crippen molar-refractivity contribution < 1.29 is 24.6 Å². The number of carbonyl (C=O) groups excluding carboxylic acids is 3. The van der Waals surface area contributed by atoms with Crippen LogP contribution >= 0.6 is 0 Å². The predicted molar refractivity (Wildman–Crippen MR) is 129 cm³/mol. The molecule has 12 nitrogen and oxygen atoms in total. The fourth-order valence-electron chi connectivity index (χ4n) is 4.76. The number of hydrogen-bond acceptors (Lipinski definition) is 7. The van der Waals surface area contributed by atoms with Crippen LogP contribution in [0.3, 0.4) is 0 Å².